The summed E-state index contributed by atoms with van der Waals surface area (Å²) in [5, 5.41) is 13.6. The van der Waals surface area contributed by atoms with E-state index in [2.05, 4.69) is 34.3 Å². The lowest BCUT2D eigenvalue weighted by molar-refractivity contribution is -0.125. The highest BCUT2D eigenvalue weighted by atomic mass is 16.1. The van der Waals surface area contributed by atoms with Crippen molar-refractivity contribution >= 4 is 22.5 Å². The van der Waals surface area contributed by atoms with Gasteiger partial charge in [0.1, 0.15) is 6.07 Å². The predicted octanol–water partition coefficient (Wildman–Crippen LogP) is 3.16. The molecule has 1 aromatic heterocycles. The smallest absolute Gasteiger partial charge is 0.223 e. The van der Waals surface area contributed by atoms with Crippen LogP contribution in [-0.2, 0) is 4.79 Å². The van der Waals surface area contributed by atoms with Gasteiger partial charge in [0.25, 0.3) is 0 Å². The van der Waals surface area contributed by atoms with Crippen LogP contribution in [0.2, 0.25) is 0 Å². The third-order valence-electron chi connectivity index (χ3n) is 4.85. The van der Waals surface area contributed by atoms with Crippen molar-refractivity contribution in [3.8, 4) is 6.07 Å². The monoisotopic (exact) mass is 336 g/mol. The van der Waals surface area contributed by atoms with E-state index >= 15 is 0 Å². The topological polar surface area (TPSA) is 69.0 Å². The summed E-state index contributed by atoms with van der Waals surface area (Å²) in [5.41, 5.74) is 3.62. The number of rotatable bonds is 4. The number of hydrogen-bond acceptors (Lipinski definition) is 4. The minimum atomic E-state index is 0.0724. The number of carbonyl (C=O) groups excluding carboxylic acids is 1. The maximum atomic E-state index is 12.2. The van der Waals surface area contributed by atoms with E-state index in [9.17, 15) is 10.1 Å². The van der Waals surface area contributed by atoms with Crippen molar-refractivity contribution in [2.24, 2.45) is 5.92 Å². The maximum absolute atomic E-state index is 12.2. The number of piperidine rings is 1. The lowest BCUT2D eigenvalue weighted by atomic mass is 9.94. The number of hydrogen-bond donors (Lipinski definition) is 1. The largest absolute Gasteiger partial charge is 0.370 e. The molecule has 1 aromatic carbocycles. The van der Waals surface area contributed by atoms with Crippen molar-refractivity contribution in [1.29, 1.82) is 5.26 Å². The van der Waals surface area contributed by atoms with E-state index in [4.69, 9.17) is 0 Å². The zero-order valence-corrected chi connectivity index (χ0v) is 14.9. The normalized spacial score (nSPS) is 15.2. The number of anilines is 1. The van der Waals surface area contributed by atoms with E-state index < -0.39 is 0 Å². The Morgan fingerprint density at radius 2 is 2.16 bits per heavy atom. The molecule has 1 N–H and O–H groups in total. The second-order valence-electron chi connectivity index (χ2n) is 6.71. The Balaban J connectivity index is 1.85. The average molecular weight is 336 g/mol. The zero-order chi connectivity index (χ0) is 17.8. The zero-order valence-electron chi connectivity index (χ0n) is 14.9. The van der Waals surface area contributed by atoms with Crippen LogP contribution in [0.1, 0.15) is 37.3 Å². The number of amides is 1. The van der Waals surface area contributed by atoms with Crippen LogP contribution in [0.5, 0.6) is 0 Å². The molecule has 0 bridgehead atoms. The molecule has 0 saturated carbocycles. The predicted molar refractivity (Wildman–Crippen MR) is 99.4 cm³/mol. The molecule has 2 aromatic rings. The number of nitrogens with one attached hydrogen (secondary N) is 1. The molecule has 1 saturated heterocycles. The molecule has 0 aliphatic carbocycles. The second-order valence-corrected chi connectivity index (χ2v) is 6.71. The Labute approximate surface area is 148 Å². The Morgan fingerprint density at radius 3 is 2.84 bits per heavy atom. The van der Waals surface area contributed by atoms with E-state index in [1.165, 1.54) is 0 Å². The first-order valence-electron chi connectivity index (χ1n) is 8.96. The first-order chi connectivity index (χ1) is 12.1. The molecule has 0 atom stereocenters. The lowest BCUT2D eigenvalue weighted by Gasteiger charge is -2.34. The van der Waals surface area contributed by atoms with Crippen molar-refractivity contribution in [2.75, 3.05) is 24.5 Å². The van der Waals surface area contributed by atoms with Crippen LogP contribution < -0.4 is 10.2 Å². The third kappa shape index (κ3) is 3.58. The molecule has 1 amide bonds. The minimum Gasteiger partial charge on any atom is -0.370 e. The number of pyridine rings is 1. The molecule has 130 valence electrons. The molecule has 0 unspecified atom stereocenters. The van der Waals surface area contributed by atoms with Crippen LogP contribution in [0.3, 0.4) is 0 Å². The number of aromatic nitrogens is 1. The fourth-order valence-corrected chi connectivity index (χ4v) is 3.47. The molecule has 1 fully saturated rings. The summed E-state index contributed by atoms with van der Waals surface area (Å²) in [4.78, 5) is 18.8. The molecule has 5 heteroatoms. The van der Waals surface area contributed by atoms with Gasteiger partial charge >= 0.3 is 0 Å². The Kier molecular flexibility index (Phi) is 5.18. The fourth-order valence-electron chi connectivity index (χ4n) is 3.47. The van der Waals surface area contributed by atoms with Gasteiger partial charge in [-0.2, -0.15) is 5.26 Å². The van der Waals surface area contributed by atoms with E-state index in [1.54, 1.807) is 6.20 Å². The van der Waals surface area contributed by atoms with Gasteiger partial charge in [0.15, 0.2) is 0 Å². The van der Waals surface area contributed by atoms with Crippen LogP contribution in [0.4, 0.5) is 5.69 Å². The first-order valence-corrected chi connectivity index (χ1v) is 8.96. The molecule has 5 nitrogen and oxygen atoms in total. The quantitative estimate of drug-likeness (QED) is 0.931. The molecule has 1 aliphatic rings. The van der Waals surface area contributed by atoms with Gasteiger partial charge in [0.2, 0.25) is 5.91 Å². The van der Waals surface area contributed by atoms with Gasteiger partial charge in [-0.25, -0.2) is 0 Å². The SMILES string of the molecule is CCCNC(=O)C1CCN(c2c(C#N)cnc3ccc(C)cc23)CC1. The summed E-state index contributed by atoms with van der Waals surface area (Å²) < 4.78 is 0. The molecule has 3 rings (SSSR count). The van der Waals surface area contributed by atoms with Crippen LogP contribution in [0.25, 0.3) is 10.9 Å². The fraction of sp³-hybridized carbons (Fsp3) is 0.450. The molecular formula is C20H24N4O. The third-order valence-corrected chi connectivity index (χ3v) is 4.85. The summed E-state index contributed by atoms with van der Waals surface area (Å²) >= 11 is 0. The molecule has 0 spiro atoms. The standard InChI is InChI=1S/C20H24N4O/c1-3-8-22-20(25)15-6-9-24(10-7-15)19-16(12-21)13-23-18-5-4-14(2)11-17(18)19/h4-5,11,13,15H,3,6-10H2,1-2H3,(H,22,25). The Hall–Kier alpha value is -2.61. The summed E-state index contributed by atoms with van der Waals surface area (Å²) in [6.45, 7) is 6.42. The highest BCUT2D eigenvalue weighted by molar-refractivity contribution is 5.95. The minimum absolute atomic E-state index is 0.0724. The van der Waals surface area contributed by atoms with Gasteiger partial charge in [0, 0.05) is 37.1 Å². The van der Waals surface area contributed by atoms with Crippen molar-refractivity contribution in [2.45, 2.75) is 33.1 Å². The molecule has 1 aliphatic heterocycles. The molecule has 25 heavy (non-hydrogen) atoms. The summed E-state index contributed by atoms with van der Waals surface area (Å²) in [5.74, 6) is 0.237. The van der Waals surface area contributed by atoms with Crippen molar-refractivity contribution in [3.63, 3.8) is 0 Å². The summed E-state index contributed by atoms with van der Waals surface area (Å²) in [6, 6.07) is 8.42. The number of nitriles is 1. The van der Waals surface area contributed by atoms with Gasteiger partial charge in [0.05, 0.1) is 16.8 Å². The lowest BCUT2D eigenvalue weighted by Crippen LogP contribution is -2.41. The van der Waals surface area contributed by atoms with E-state index in [0.29, 0.717) is 5.56 Å². The van der Waals surface area contributed by atoms with Crippen molar-refractivity contribution in [3.05, 3.63) is 35.5 Å². The summed E-state index contributed by atoms with van der Waals surface area (Å²) in [6.07, 6.45) is 4.25. The van der Waals surface area contributed by atoms with E-state index in [-0.39, 0.29) is 11.8 Å². The number of carbonyl (C=O) groups is 1. The highest BCUT2D eigenvalue weighted by Gasteiger charge is 2.27. The molecular weight excluding hydrogens is 312 g/mol. The van der Waals surface area contributed by atoms with Gasteiger partial charge in [-0.3, -0.25) is 9.78 Å². The van der Waals surface area contributed by atoms with E-state index in [1.807, 2.05) is 19.1 Å². The Morgan fingerprint density at radius 1 is 1.40 bits per heavy atom. The van der Waals surface area contributed by atoms with Gasteiger partial charge < -0.3 is 10.2 Å². The van der Waals surface area contributed by atoms with Crippen LogP contribution in [-0.4, -0.2) is 30.5 Å². The average Bonchev–Trinajstić information content (AvgIpc) is 2.65. The van der Waals surface area contributed by atoms with Crippen molar-refractivity contribution in [1.82, 2.24) is 10.3 Å². The number of nitrogens with zero attached hydrogens (tertiary/aromatic N) is 3. The van der Waals surface area contributed by atoms with Crippen LogP contribution in [0.15, 0.2) is 24.4 Å². The van der Waals surface area contributed by atoms with Gasteiger partial charge in [-0.15, -0.1) is 0 Å². The van der Waals surface area contributed by atoms with E-state index in [0.717, 1.165) is 61.1 Å². The number of fused-ring (bicyclic) bond motifs is 1. The molecule has 0 radical (unpaired) electrons. The van der Waals surface area contributed by atoms with Crippen LogP contribution in [0, 0.1) is 24.2 Å². The highest BCUT2D eigenvalue weighted by Crippen LogP contribution is 2.33. The molecule has 2 heterocycles. The maximum Gasteiger partial charge on any atom is 0.223 e. The Bertz CT molecular complexity index is 816. The summed E-state index contributed by atoms with van der Waals surface area (Å²) in [7, 11) is 0. The van der Waals surface area contributed by atoms with Gasteiger partial charge in [-0.05, 0) is 38.3 Å². The number of aryl methyl sites for hydroxylation is 1. The van der Waals surface area contributed by atoms with Crippen LogP contribution >= 0.6 is 0 Å². The van der Waals surface area contributed by atoms with Gasteiger partial charge in [-0.1, -0.05) is 18.6 Å². The number of benzene rings is 1. The van der Waals surface area contributed by atoms with Crippen molar-refractivity contribution < 1.29 is 4.79 Å². The second kappa shape index (κ2) is 7.52. The first kappa shape index (κ1) is 17.2.